The highest BCUT2D eigenvalue weighted by atomic mass is 16.5. The summed E-state index contributed by atoms with van der Waals surface area (Å²) in [6, 6.07) is 7.54. The number of carboxylic acids is 1. The van der Waals surface area contributed by atoms with Crippen molar-refractivity contribution in [2.75, 3.05) is 6.54 Å². The van der Waals surface area contributed by atoms with Crippen LogP contribution in [0.2, 0.25) is 0 Å². The number of nitrogens with zero attached hydrogens (tertiary/aromatic N) is 3. The topological polar surface area (TPSA) is 108 Å². The van der Waals surface area contributed by atoms with E-state index in [-0.39, 0.29) is 17.2 Å². The fourth-order valence-corrected chi connectivity index (χ4v) is 3.70. The number of allylic oxidation sites excluding steroid dienone is 1. The van der Waals surface area contributed by atoms with Crippen molar-refractivity contribution >= 4 is 28.9 Å². The number of carboxylic acid groups (broad SMARTS) is 1. The number of hydrogen-bond acceptors (Lipinski definition) is 6. The molecule has 0 radical (unpaired) electrons. The van der Waals surface area contributed by atoms with Gasteiger partial charge in [-0.05, 0) is 36.3 Å². The molecule has 8 heteroatoms. The maximum absolute atomic E-state index is 12.8. The van der Waals surface area contributed by atoms with Gasteiger partial charge in [-0.15, -0.1) is 0 Å². The van der Waals surface area contributed by atoms with Gasteiger partial charge in [0.05, 0.1) is 12.2 Å². The lowest BCUT2D eigenvalue weighted by molar-refractivity contribution is -0.134. The highest BCUT2D eigenvalue weighted by Gasteiger charge is 2.39. The van der Waals surface area contributed by atoms with Crippen LogP contribution in [-0.4, -0.2) is 43.3 Å². The van der Waals surface area contributed by atoms with Crippen LogP contribution in [-0.2, 0) is 27.3 Å². The number of carbonyl (C=O) groups excluding carboxylic acids is 1. The van der Waals surface area contributed by atoms with Gasteiger partial charge in [0.1, 0.15) is 5.65 Å². The zero-order chi connectivity index (χ0) is 20.0. The van der Waals surface area contributed by atoms with Crippen LogP contribution in [0.5, 0.6) is 0 Å². The molecular weight excluding hydrogens is 372 g/mol. The van der Waals surface area contributed by atoms with Gasteiger partial charge in [0.25, 0.3) is 0 Å². The monoisotopic (exact) mass is 388 g/mol. The molecule has 0 saturated heterocycles. The number of carbonyl (C=O) groups is 2. The number of fused-ring (bicyclic) bond motifs is 2. The number of H-pyrrole nitrogens is 1. The standard InChI is InChI=1S/C21H16N4O4/c26-18-16(9-13-10-24-19-14(13)4-2-7-23-19)29-20(17(18)21(27)28)25-8-5-12-3-1-6-22-15(12)11-25/h1-4,6-7,9-10H,5,8,11H2,(H,23,24)(H,27,28)/b16-9-. The van der Waals surface area contributed by atoms with E-state index in [1.807, 2.05) is 18.2 Å². The Balaban J connectivity index is 1.51. The summed E-state index contributed by atoms with van der Waals surface area (Å²) in [5.74, 6) is -1.89. The number of nitrogens with one attached hydrogen (secondary N) is 1. The Bertz CT molecular complexity index is 1220. The summed E-state index contributed by atoms with van der Waals surface area (Å²) < 4.78 is 5.80. The molecule has 5 rings (SSSR count). The van der Waals surface area contributed by atoms with Crippen LogP contribution in [0, 0.1) is 0 Å². The van der Waals surface area contributed by atoms with Crippen LogP contribution in [0.25, 0.3) is 17.1 Å². The molecule has 8 nitrogen and oxygen atoms in total. The molecule has 2 aliphatic heterocycles. The maximum Gasteiger partial charge on any atom is 0.345 e. The third kappa shape index (κ3) is 2.85. The predicted octanol–water partition coefficient (Wildman–Crippen LogP) is 2.25. The highest BCUT2D eigenvalue weighted by Crippen LogP contribution is 2.33. The summed E-state index contributed by atoms with van der Waals surface area (Å²) in [5.41, 5.74) is 3.00. The number of aliphatic carboxylic acids is 1. The molecule has 3 aromatic heterocycles. The first-order valence-corrected chi connectivity index (χ1v) is 9.13. The number of aromatic nitrogens is 3. The summed E-state index contributed by atoms with van der Waals surface area (Å²) in [4.78, 5) is 38.0. The van der Waals surface area contributed by atoms with E-state index in [0.717, 1.165) is 16.6 Å². The van der Waals surface area contributed by atoms with E-state index in [2.05, 4.69) is 15.0 Å². The van der Waals surface area contributed by atoms with E-state index in [9.17, 15) is 14.7 Å². The van der Waals surface area contributed by atoms with Crippen molar-refractivity contribution in [3.8, 4) is 0 Å². The molecule has 0 bridgehead atoms. The van der Waals surface area contributed by atoms with Crippen LogP contribution >= 0.6 is 0 Å². The minimum Gasteiger partial charge on any atom is -0.477 e. The summed E-state index contributed by atoms with van der Waals surface area (Å²) in [7, 11) is 0. The van der Waals surface area contributed by atoms with Crippen molar-refractivity contribution in [1.29, 1.82) is 0 Å². The van der Waals surface area contributed by atoms with Crippen LogP contribution in [0.3, 0.4) is 0 Å². The third-order valence-corrected chi connectivity index (χ3v) is 5.12. The number of hydrogen-bond donors (Lipinski definition) is 2. The first-order valence-electron chi connectivity index (χ1n) is 9.13. The molecule has 0 aliphatic carbocycles. The largest absolute Gasteiger partial charge is 0.477 e. The molecule has 144 valence electrons. The number of aromatic amines is 1. The maximum atomic E-state index is 12.8. The molecule has 0 saturated carbocycles. The summed E-state index contributed by atoms with van der Waals surface area (Å²) in [6.07, 6.45) is 7.32. The quantitative estimate of drug-likeness (QED) is 0.523. The van der Waals surface area contributed by atoms with Crippen LogP contribution in [0.15, 0.2) is 60.1 Å². The van der Waals surface area contributed by atoms with Gasteiger partial charge < -0.3 is 19.7 Å². The minimum atomic E-state index is -1.30. The summed E-state index contributed by atoms with van der Waals surface area (Å²) >= 11 is 0. The second-order valence-corrected chi connectivity index (χ2v) is 6.85. The van der Waals surface area contributed by atoms with Gasteiger partial charge in [0, 0.05) is 36.1 Å². The molecule has 0 unspecified atom stereocenters. The number of pyridine rings is 2. The second kappa shape index (κ2) is 6.59. The molecule has 0 fully saturated rings. The van der Waals surface area contributed by atoms with E-state index in [4.69, 9.17) is 4.74 Å². The molecular formula is C21H16N4O4. The van der Waals surface area contributed by atoms with Crippen molar-refractivity contribution < 1.29 is 19.4 Å². The lowest BCUT2D eigenvalue weighted by Crippen LogP contribution is -2.32. The van der Waals surface area contributed by atoms with E-state index in [1.165, 1.54) is 0 Å². The smallest absolute Gasteiger partial charge is 0.345 e. The van der Waals surface area contributed by atoms with E-state index in [1.54, 1.807) is 35.6 Å². The van der Waals surface area contributed by atoms with Crippen molar-refractivity contribution in [2.45, 2.75) is 13.0 Å². The lowest BCUT2D eigenvalue weighted by atomic mass is 10.0. The first-order chi connectivity index (χ1) is 14.1. The molecule has 0 amide bonds. The highest BCUT2D eigenvalue weighted by molar-refractivity contribution is 6.26. The van der Waals surface area contributed by atoms with E-state index < -0.39 is 11.8 Å². The molecule has 0 atom stereocenters. The molecule has 0 spiro atoms. The van der Waals surface area contributed by atoms with Gasteiger partial charge in [-0.25, -0.2) is 9.78 Å². The molecule has 3 aromatic rings. The number of Topliss-reactive ketones (excluding diaryl/α,β-unsaturated/α-hetero) is 1. The van der Waals surface area contributed by atoms with Gasteiger partial charge in [-0.2, -0.15) is 0 Å². The molecule has 5 heterocycles. The molecule has 0 aromatic carbocycles. The number of rotatable bonds is 3. The Kier molecular flexibility index (Phi) is 3.90. The molecule has 2 aliphatic rings. The summed E-state index contributed by atoms with van der Waals surface area (Å²) in [5, 5.41) is 10.5. The van der Waals surface area contributed by atoms with Gasteiger partial charge >= 0.3 is 5.97 Å². The SMILES string of the molecule is O=C(O)C1=C(N2CCc3cccnc3C2)O/C(=C\c2c[nH]c3ncccc23)C1=O. The zero-order valence-corrected chi connectivity index (χ0v) is 15.3. The van der Waals surface area contributed by atoms with Gasteiger partial charge in [-0.3, -0.25) is 9.78 Å². The normalized spacial score (nSPS) is 17.7. The second-order valence-electron chi connectivity index (χ2n) is 6.85. The van der Waals surface area contributed by atoms with E-state index >= 15 is 0 Å². The average molecular weight is 388 g/mol. The zero-order valence-electron chi connectivity index (χ0n) is 15.3. The Morgan fingerprint density at radius 1 is 1.24 bits per heavy atom. The van der Waals surface area contributed by atoms with Crippen LogP contribution in [0.4, 0.5) is 0 Å². The van der Waals surface area contributed by atoms with Crippen molar-refractivity contribution in [3.63, 3.8) is 0 Å². The molecule has 2 N–H and O–H groups in total. The Hall–Kier alpha value is -3.94. The van der Waals surface area contributed by atoms with Gasteiger partial charge in [-0.1, -0.05) is 6.07 Å². The van der Waals surface area contributed by atoms with Crippen molar-refractivity contribution in [2.24, 2.45) is 0 Å². The fourth-order valence-electron chi connectivity index (χ4n) is 3.70. The van der Waals surface area contributed by atoms with Crippen LogP contribution in [0.1, 0.15) is 16.8 Å². The van der Waals surface area contributed by atoms with Gasteiger partial charge in [0.2, 0.25) is 11.7 Å². The Morgan fingerprint density at radius 3 is 2.93 bits per heavy atom. The Labute approximate surface area is 165 Å². The Morgan fingerprint density at radius 2 is 2.07 bits per heavy atom. The number of ketones is 1. The first kappa shape index (κ1) is 17.2. The molecule has 29 heavy (non-hydrogen) atoms. The van der Waals surface area contributed by atoms with Gasteiger partial charge in [0.15, 0.2) is 11.3 Å². The number of ether oxygens (including phenoxy) is 1. The minimum absolute atomic E-state index is 0.0195. The third-order valence-electron chi connectivity index (χ3n) is 5.12. The van der Waals surface area contributed by atoms with Crippen molar-refractivity contribution in [3.05, 3.63) is 76.9 Å². The van der Waals surface area contributed by atoms with Crippen molar-refractivity contribution in [1.82, 2.24) is 19.9 Å². The average Bonchev–Trinajstić information content (AvgIpc) is 3.29. The summed E-state index contributed by atoms with van der Waals surface area (Å²) in [6.45, 7) is 0.933. The van der Waals surface area contributed by atoms with Crippen LogP contribution < -0.4 is 0 Å². The lowest BCUT2D eigenvalue weighted by Gasteiger charge is -2.29. The fraction of sp³-hybridized carbons (Fsp3) is 0.143. The predicted molar refractivity (Wildman–Crippen MR) is 103 cm³/mol. The van der Waals surface area contributed by atoms with E-state index in [0.29, 0.717) is 30.7 Å².